The first-order chi connectivity index (χ1) is 8.58. The highest BCUT2D eigenvalue weighted by molar-refractivity contribution is 5.87. The molecule has 1 rings (SSSR count). The van der Waals surface area contributed by atoms with Gasteiger partial charge in [-0.2, -0.15) is 0 Å². The van der Waals surface area contributed by atoms with Crippen LogP contribution in [0, 0.1) is 5.92 Å². The minimum atomic E-state index is -1.06. The lowest BCUT2D eigenvalue weighted by molar-refractivity contribution is 0.0696. The molecule has 0 aliphatic heterocycles. The van der Waals surface area contributed by atoms with Crippen molar-refractivity contribution in [3.63, 3.8) is 0 Å². The first-order valence-corrected chi connectivity index (χ1v) is 6.52. The molecule has 0 aromatic carbocycles. The van der Waals surface area contributed by atoms with E-state index in [-0.39, 0.29) is 11.1 Å². The maximum absolute atomic E-state index is 11.8. The summed E-state index contributed by atoms with van der Waals surface area (Å²) in [4.78, 5) is 22.5. The van der Waals surface area contributed by atoms with E-state index in [1.807, 2.05) is 0 Å². The number of aromatic nitrogens is 1. The van der Waals surface area contributed by atoms with Gasteiger partial charge < -0.3 is 9.67 Å². The standard InChI is InChI=1S/C14H21NO3/c1-3-5-6-11(4-2)10-15-8-7-12(14(17)18)9-13(15)16/h7-9,11H,3-6,10H2,1-2H3,(H,17,18)/t11-/m1/s1. The van der Waals surface area contributed by atoms with Crippen molar-refractivity contribution in [2.75, 3.05) is 0 Å². The number of carboxylic acid groups (broad SMARTS) is 1. The predicted molar refractivity (Wildman–Crippen MR) is 71.0 cm³/mol. The molecule has 1 aromatic rings. The Labute approximate surface area is 107 Å². The molecule has 18 heavy (non-hydrogen) atoms. The summed E-state index contributed by atoms with van der Waals surface area (Å²) in [6.07, 6.45) is 6.05. The van der Waals surface area contributed by atoms with Crippen molar-refractivity contribution in [2.24, 2.45) is 5.92 Å². The van der Waals surface area contributed by atoms with Crippen molar-refractivity contribution in [1.29, 1.82) is 0 Å². The van der Waals surface area contributed by atoms with Crippen LogP contribution in [0.15, 0.2) is 23.1 Å². The third kappa shape index (κ3) is 4.02. The van der Waals surface area contributed by atoms with Crippen molar-refractivity contribution in [1.82, 2.24) is 4.57 Å². The zero-order valence-electron chi connectivity index (χ0n) is 11.1. The molecule has 0 amide bonds. The summed E-state index contributed by atoms with van der Waals surface area (Å²) in [7, 11) is 0. The normalized spacial score (nSPS) is 12.3. The monoisotopic (exact) mass is 251 g/mol. The van der Waals surface area contributed by atoms with E-state index in [1.54, 1.807) is 10.8 Å². The van der Waals surface area contributed by atoms with Gasteiger partial charge in [0.15, 0.2) is 0 Å². The van der Waals surface area contributed by atoms with Gasteiger partial charge in [-0.25, -0.2) is 4.79 Å². The van der Waals surface area contributed by atoms with Crippen LogP contribution in [0.3, 0.4) is 0 Å². The molecule has 4 heteroatoms. The average molecular weight is 251 g/mol. The fourth-order valence-electron chi connectivity index (χ4n) is 1.99. The van der Waals surface area contributed by atoms with E-state index in [9.17, 15) is 9.59 Å². The summed E-state index contributed by atoms with van der Waals surface area (Å²) in [5.74, 6) is -0.574. The summed E-state index contributed by atoms with van der Waals surface area (Å²) >= 11 is 0. The van der Waals surface area contributed by atoms with Gasteiger partial charge in [-0.05, 0) is 18.4 Å². The van der Waals surface area contributed by atoms with Crippen LogP contribution in [0.5, 0.6) is 0 Å². The Morgan fingerprint density at radius 1 is 1.44 bits per heavy atom. The predicted octanol–water partition coefficient (Wildman–Crippen LogP) is 2.76. The number of carbonyl (C=O) groups is 1. The quantitative estimate of drug-likeness (QED) is 0.810. The van der Waals surface area contributed by atoms with Gasteiger partial charge in [-0.1, -0.05) is 33.1 Å². The molecule has 0 spiro atoms. The van der Waals surface area contributed by atoms with Crippen molar-refractivity contribution in [3.05, 3.63) is 34.2 Å². The molecule has 1 N–H and O–H groups in total. The Morgan fingerprint density at radius 3 is 2.67 bits per heavy atom. The number of unbranched alkanes of at least 4 members (excludes halogenated alkanes) is 1. The van der Waals surface area contributed by atoms with Crippen LogP contribution in [-0.2, 0) is 6.54 Å². The largest absolute Gasteiger partial charge is 0.478 e. The van der Waals surface area contributed by atoms with Crippen LogP contribution in [-0.4, -0.2) is 15.6 Å². The number of nitrogens with zero attached hydrogens (tertiary/aromatic N) is 1. The van der Waals surface area contributed by atoms with Gasteiger partial charge in [0.25, 0.3) is 5.56 Å². The molecular weight excluding hydrogens is 230 g/mol. The summed E-state index contributed by atoms with van der Waals surface area (Å²) < 4.78 is 1.61. The second kappa shape index (κ2) is 6.99. The molecular formula is C14H21NO3. The molecule has 0 aliphatic rings. The van der Waals surface area contributed by atoms with Crippen molar-refractivity contribution in [3.8, 4) is 0 Å². The molecule has 1 atom stereocenters. The van der Waals surface area contributed by atoms with E-state index in [2.05, 4.69) is 13.8 Å². The maximum atomic E-state index is 11.8. The molecule has 1 aromatic heterocycles. The number of hydrogen-bond acceptors (Lipinski definition) is 2. The Bertz CT molecular complexity index is 451. The highest BCUT2D eigenvalue weighted by Crippen LogP contribution is 2.14. The topological polar surface area (TPSA) is 59.3 Å². The lowest BCUT2D eigenvalue weighted by Gasteiger charge is -2.16. The molecule has 0 saturated carbocycles. The Hall–Kier alpha value is -1.58. The first kappa shape index (κ1) is 14.5. The van der Waals surface area contributed by atoms with E-state index >= 15 is 0 Å². The lowest BCUT2D eigenvalue weighted by Crippen LogP contribution is -2.24. The third-order valence-electron chi connectivity index (χ3n) is 3.24. The average Bonchev–Trinajstić information content (AvgIpc) is 2.35. The van der Waals surface area contributed by atoms with Gasteiger partial charge in [0, 0.05) is 18.8 Å². The SMILES string of the molecule is CCCC[C@@H](CC)Cn1ccc(C(=O)O)cc1=O. The van der Waals surface area contributed by atoms with Crippen LogP contribution < -0.4 is 5.56 Å². The van der Waals surface area contributed by atoms with E-state index < -0.39 is 5.97 Å². The van der Waals surface area contributed by atoms with Gasteiger partial charge in [0.1, 0.15) is 0 Å². The zero-order valence-corrected chi connectivity index (χ0v) is 11.1. The second-order valence-electron chi connectivity index (χ2n) is 4.63. The molecule has 0 saturated heterocycles. The van der Waals surface area contributed by atoms with Crippen molar-refractivity contribution >= 4 is 5.97 Å². The minimum Gasteiger partial charge on any atom is -0.478 e. The summed E-state index contributed by atoms with van der Waals surface area (Å²) in [6.45, 7) is 4.95. The Kier molecular flexibility index (Phi) is 5.62. The van der Waals surface area contributed by atoms with Crippen LogP contribution in [0.4, 0.5) is 0 Å². The Balaban J connectivity index is 2.78. The smallest absolute Gasteiger partial charge is 0.335 e. The molecule has 0 bridgehead atoms. The van der Waals surface area contributed by atoms with Gasteiger partial charge in [0.2, 0.25) is 0 Å². The van der Waals surface area contributed by atoms with Crippen LogP contribution in [0.25, 0.3) is 0 Å². The zero-order chi connectivity index (χ0) is 13.5. The summed E-state index contributed by atoms with van der Waals surface area (Å²) in [6, 6.07) is 2.67. The highest BCUT2D eigenvalue weighted by Gasteiger charge is 2.09. The fraction of sp³-hybridized carbons (Fsp3) is 0.571. The van der Waals surface area contributed by atoms with Crippen LogP contribution in [0.2, 0.25) is 0 Å². The number of pyridine rings is 1. The minimum absolute atomic E-state index is 0.0536. The van der Waals surface area contributed by atoms with Crippen LogP contribution in [0.1, 0.15) is 49.9 Å². The second-order valence-corrected chi connectivity index (χ2v) is 4.63. The molecule has 0 aliphatic carbocycles. The number of carboxylic acids is 1. The van der Waals surface area contributed by atoms with Gasteiger partial charge >= 0.3 is 5.97 Å². The fourth-order valence-corrected chi connectivity index (χ4v) is 1.99. The van der Waals surface area contributed by atoms with Gasteiger partial charge in [0.05, 0.1) is 5.56 Å². The van der Waals surface area contributed by atoms with E-state index in [4.69, 9.17) is 5.11 Å². The van der Waals surface area contributed by atoms with Gasteiger partial charge in [-0.15, -0.1) is 0 Å². The highest BCUT2D eigenvalue weighted by atomic mass is 16.4. The number of hydrogen-bond donors (Lipinski definition) is 1. The molecule has 100 valence electrons. The van der Waals surface area contributed by atoms with Gasteiger partial charge in [-0.3, -0.25) is 4.79 Å². The number of aromatic carboxylic acids is 1. The van der Waals surface area contributed by atoms with E-state index in [0.717, 1.165) is 19.3 Å². The van der Waals surface area contributed by atoms with Crippen molar-refractivity contribution < 1.29 is 9.90 Å². The van der Waals surface area contributed by atoms with Crippen LogP contribution >= 0.6 is 0 Å². The summed E-state index contributed by atoms with van der Waals surface area (Å²) in [5.41, 5.74) is -0.178. The molecule has 0 fully saturated rings. The molecule has 1 heterocycles. The molecule has 0 unspecified atom stereocenters. The lowest BCUT2D eigenvalue weighted by atomic mass is 9.99. The summed E-state index contributed by atoms with van der Waals surface area (Å²) in [5, 5.41) is 8.80. The third-order valence-corrected chi connectivity index (χ3v) is 3.24. The van der Waals surface area contributed by atoms with Crippen molar-refractivity contribution in [2.45, 2.75) is 46.1 Å². The molecule has 4 nitrogen and oxygen atoms in total. The molecule has 0 radical (unpaired) electrons. The number of rotatable bonds is 7. The maximum Gasteiger partial charge on any atom is 0.335 e. The Morgan fingerprint density at radius 2 is 2.17 bits per heavy atom. The van der Waals surface area contributed by atoms with E-state index in [0.29, 0.717) is 12.5 Å². The van der Waals surface area contributed by atoms with E-state index in [1.165, 1.54) is 18.6 Å². The first-order valence-electron chi connectivity index (χ1n) is 6.52.